The molecule has 0 aromatic carbocycles. The molecule has 0 fully saturated rings. The van der Waals surface area contributed by atoms with Gasteiger partial charge in [-0.2, -0.15) is 0 Å². The van der Waals surface area contributed by atoms with Crippen molar-refractivity contribution in [2.24, 2.45) is 0 Å². The smallest absolute Gasteiger partial charge is 0.178 e. The highest BCUT2D eigenvalue weighted by Gasteiger charge is 2.06. The summed E-state index contributed by atoms with van der Waals surface area (Å²) < 4.78 is 2.74. The number of aryl methyl sites for hydroxylation is 1. The Bertz CT molecular complexity index is 757. The second kappa shape index (κ2) is 4.34. The Hall–Kier alpha value is -2.01. The van der Waals surface area contributed by atoms with Gasteiger partial charge < -0.3 is 9.55 Å². The molecule has 0 saturated heterocycles. The molecule has 3 heterocycles. The van der Waals surface area contributed by atoms with Crippen LogP contribution in [0.2, 0.25) is 0 Å². The summed E-state index contributed by atoms with van der Waals surface area (Å²) in [7, 11) is 0. The molecule has 0 atom stereocenters. The quantitative estimate of drug-likeness (QED) is 0.717. The summed E-state index contributed by atoms with van der Waals surface area (Å²) in [6.45, 7) is 2.73. The molecule has 3 rings (SSSR count). The molecule has 90 valence electrons. The van der Waals surface area contributed by atoms with E-state index in [2.05, 4.69) is 27.9 Å². The van der Waals surface area contributed by atoms with Crippen molar-refractivity contribution in [3.05, 3.63) is 52.8 Å². The van der Waals surface area contributed by atoms with Crippen molar-refractivity contribution in [1.29, 1.82) is 0 Å². The van der Waals surface area contributed by atoms with E-state index in [1.54, 1.807) is 12.4 Å². The van der Waals surface area contributed by atoms with E-state index in [1.165, 1.54) is 5.56 Å². The average molecular weight is 256 g/mol. The zero-order valence-electron chi connectivity index (χ0n) is 9.92. The Morgan fingerprint density at radius 1 is 1.33 bits per heavy atom. The average Bonchev–Trinajstić information content (AvgIpc) is 2.69. The fourth-order valence-electron chi connectivity index (χ4n) is 2.00. The third-order valence-corrected chi connectivity index (χ3v) is 3.32. The Morgan fingerprint density at radius 2 is 2.22 bits per heavy atom. The highest BCUT2D eigenvalue weighted by Crippen LogP contribution is 2.15. The molecule has 0 saturated carbocycles. The molecule has 0 unspecified atom stereocenters. The molecule has 3 aromatic heterocycles. The zero-order chi connectivity index (χ0) is 12.5. The summed E-state index contributed by atoms with van der Waals surface area (Å²) in [5.74, 6) is 0. The van der Waals surface area contributed by atoms with Gasteiger partial charge in [0, 0.05) is 12.4 Å². The van der Waals surface area contributed by atoms with Crippen LogP contribution in [0.5, 0.6) is 0 Å². The number of fused-ring (bicyclic) bond motifs is 1. The number of hydrogen-bond acceptors (Lipinski definition) is 3. The molecule has 0 aliphatic carbocycles. The van der Waals surface area contributed by atoms with Gasteiger partial charge in [-0.1, -0.05) is 6.07 Å². The van der Waals surface area contributed by atoms with E-state index < -0.39 is 0 Å². The first-order valence-corrected chi connectivity index (χ1v) is 6.09. The van der Waals surface area contributed by atoms with E-state index in [-0.39, 0.29) is 0 Å². The van der Waals surface area contributed by atoms with Gasteiger partial charge in [0.1, 0.15) is 0 Å². The second-order valence-electron chi connectivity index (χ2n) is 4.18. The monoisotopic (exact) mass is 256 g/mol. The lowest BCUT2D eigenvalue weighted by molar-refractivity contribution is 0.778. The molecular formula is C13H12N4S. The van der Waals surface area contributed by atoms with Gasteiger partial charge >= 0.3 is 0 Å². The highest BCUT2D eigenvalue weighted by atomic mass is 32.1. The first-order chi connectivity index (χ1) is 8.75. The first-order valence-electron chi connectivity index (χ1n) is 5.69. The molecule has 3 aromatic rings. The lowest BCUT2D eigenvalue weighted by atomic mass is 10.2. The van der Waals surface area contributed by atoms with Crippen molar-refractivity contribution in [1.82, 2.24) is 19.5 Å². The van der Waals surface area contributed by atoms with Crippen LogP contribution in [0.1, 0.15) is 11.3 Å². The lowest BCUT2D eigenvalue weighted by Gasteiger charge is -2.06. The van der Waals surface area contributed by atoms with Gasteiger partial charge in [0.05, 0.1) is 29.5 Å². The summed E-state index contributed by atoms with van der Waals surface area (Å²) >= 11 is 5.35. The summed E-state index contributed by atoms with van der Waals surface area (Å²) in [6.07, 6.45) is 5.36. The van der Waals surface area contributed by atoms with Crippen molar-refractivity contribution < 1.29 is 0 Å². The molecule has 1 N–H and O–H groups in total. The minimum Gasteiger partial charge on any atom is -0.329 e. The Balaban J connectivity index is 2.13. The molecule has 0 aliphatic rings. The Morgan fingerprint density at radius 3 is 3.06 bits per heavy atom. The second-order valence-corrected chi connectivity index (χ2v) is 4.56. The number of nitrogens with zero attached hydrogens (tertiary/aromatic N) is 3. The van der Waals surface area contributed by atoms with Crippen LogP contribution >= 0.6 is 12.2 Å². The molecule has 5 heteroatoms. The van der Waals surface area contributed by atoms with Crippen molar-refractivity contribution in [3.8, 4) is 0 Å². The summed E-state index contributed by atoms with van der Waals surface area (Å²) in [6, 6.07) is 5.96. The predicted molar refractivity (Wildman–Crippen MR) is 73.0 cm³/mol. The van der Waals surface area contributed by atoms with E-state index in [1.807, 2.05) is 22.9 Å². The molecule has 0 amide bonds. The predicted octanol–water partition coefficient (Wildman–Crippen LogP) is 2.85. The van der Waals surface area contributed by atoms with E-state index in [0.717, 1.165) is 16.7 Å². The van der Waals surface area contributed by atoms with Crippen LogP contribution in [-0.2, 0) is 6.54 Å². The van der Waals surface area contributed by atoms with Crippen LogP contribution in [0, 0.1) is 11.7 Å². The minimum atomic E-state index is 0.676. The van der Waals surface area contributed by atoms with Crippen LogP contribution in [0.4, 0.5) is 0 Å². The van der Waals surface area contributed by atoms with Crippen LogP contribution in [0.15, 0.2) is 36.8 Å². The van der Waals surface area contributed by atoms with Crippen LogP contribution in [0.3, 0.4) is 0 Å². The number of nitrogens with one attached hydrogen (secondary N) is 1. The lowest BCUT2D eigenvalue weighted by Crippen LogP contribution is -2.03. The van der Waals surface area contributed by atoms with E-state index in [4.69, 9.17) is 12.2 Å². The highest BCUT2D eigenvalue weighted by molar-refractivity contribution is 7.71. The standard InChI is InChI=1S/C13H12N4S/c1-9-3-2-5-15-11(9)8-17-12-4-6-14-7-10(12)16-13(17)18/h2-7H,8H2,1H3,(H,16,18). The van der Waals surface area contributed by atoms with Crippen LogP contribution in [-0.4, -0.2) is 19.5 Å². The van der Waals surface area contributed by atoms with Gasteiger partial charge in [0.2, 0.25) is 0 Å². The number of rotatable bonds is 2. The van der Waals surface area contributed by atoms with Gasteiger partial charge in [-0.3, -0.25) is 9.97 Å². The van der Waals surface area contributed by atoms with Crippen molar-refractivity contribution >= 4 is 23.3 Å². The third-order valence-electron chi connectivity index (χ3n) is 3.00. The minimum absolute atomic E-state index is 0.676. The molecule has 0 aliphatic heterocycles. The summed E-state index contributed by atoms with van der Waals surface area (Å²) in [5.41, 5.74) is 4.21. The fraction of sp³-hybridized carbons (Fsp3) is 0.154. The largest absolute Gasteiger partial charge is 0.329 e. The molecule has 0 radical (unpaired) electrons. The van der Waals surface area contributed by atoms with Gasteiger partial charge in [-0.05, 0) is 36.8 Å². The molecule has 0 spiro atoms. The SMILES string of the molecule is Cc1cccnc1Cn1c(=S)[nH]c2cnccc21. The maximum Gasteiger partial charge on any atom is 0.178 e. The normalized spacial score (nSPS) is 10.9. The Labute approximate surface area is 109 Å². The Kier molecular flexibility index (Phi) is 2.68. The van der Waals surface area contributed by atoms with Crippen molar-refractivity contribution in [3.63, 3.8) is 0 Å². The fourth-order valence-corrected chi connectivity index (χ4v) is 2.27. The molecule has 4 nitrogen and oxygen atoms in total. The van der Waals surface area contributed by atoms with Gasteiger partial charge in [0.25, 0.3) is 0 Å². The number of hydrogen-bond donors (Lipinski definition) is 1. The van der Waals surface area contributed by atoms with E-state index >= 15 is 0 Å². The third kappa shape index (κ3) is 1.82. The number of aromatic nitrogens is 4. The van der Waals surface area contributed by atoms with Crippen molar-refractivity contribution in [2.45, 2.75) is 13.5 Å². The van der Waals surface area contributed by atoms with Gasteiger partial charge in [0.15, 0.2) is 4.77 Å². The molecule has 18 heavy (non-hydrogen) atoms. The number of H-pyrrole nitrogens is 1. The van der Waals surface area contributed by atoms with Gasteiger partial charge in [-0.15, -0.1) is 0 Å². The van der Waals surface area contributed by atoms with Gasteiger partial charge in [-0.25, -0.2) is 0 Å². The molecular weight excluding hydrogens is 244 g/mol. The van der Waals surface area contributed by atoms with E-state index in [9.17, 15) is 0 Å². The van der Waals surface area contributed by atoms with E-state index in [0.29, 0.717) is 11.3 Å². The van der Waals surface area contributed by atoms with Crippen LogP contribution in [0.25, 0.3) is 11.0 Å². The maximum atomic E-state index is 5.35. The first kappa shape index (κ1) is 11.1. The zero-order valence-corrected chi connectivity index (χ0v) is 10.7. The summed E-state index contributed by atoms with van der Waals surface area (Å²) in [5, 5.41) is 0. The summed E-state index contributed by atoms with van der Waals surface area (Å²) in [4.78, 5) is 11.6. The van der Waals surface area contributed by atoms with Crippen molar-refractivity contribution in [2.75, 3.05) is 0 Å². The topological polar surface area (TPSA) is 46.5 Å². The maximum absolute atomic E-state index is 5.35. The number of aromatic amines is 1. The van der Waals surface area contributed by atoms with Crippen LogP contribution < -0.4 is 0 Å². The number of imidazole rings is 1. The number of pyridine rings is 2. The molecule has 0 bridgehead atoms.